The van der Waals surface area contributed by atoms with Crippen LogP contribution >= 0.6 is 0 Å². The van der Waals surface area contributed by atoms with E-state index in [0.717, 1.165) is 18.7 Å². The summed E-state index contributed by atoms with van der Waals surface area (Å²) in [6.45, 7) is 2.40. The third kappa shape index (κ3) is 4.04. The fourth-order valence-corrected chi connectivity index (χ4v) is 3.02. The molecule has 7 heteroatoms. The van der Waals surface area contributed by atoms with Gasteiger partial charge >= 0.3 is 0 Å². The number of carbonyl (C=O) groups is 2. The van der Waals surface area contributed by atoms with Crippen LogP contribution in [0.1, 0.15) is 12.8 Å². The van der Waals surface area contributed by atoms with E-state index < -0.39 is 6.10 Å². The van der Waals surface area contributed by atoms with Gasteiger partial charge in [-0.1, -0.05) is 0 Å². The van der Waals surface area contributed by atoms with Gasteiger partial charge < -0.3 is 25.4 Å². The minimum atomic E-state index is -0.410. The van der Waals surface area contributed by atoms with Gasteiger partial charge in [0.2, 0.25) is 5.91 Å². The zero-order valence-corrected chi connectivity index (χ0v) is 13.5. The van der Waals surface area contributed by atoms with E-state index in [2.05, 4.69) is 10.6 Å². The molecule has 0 aliphatic carbocycles. The van der Waals surface area contributed by atoms with Crippen molar-refractivity contribution in [3.8, 4) is 5.75 Å². The molecule has 3 N–H and O–H groups in total. The molecule has 0 radical (unpaired) electrons. The van der Waals surface area contributed by atoms with Crippen molar-refractivity contribution in [3.63, 3.8) is 0 Å². The summed E-state index contributed by atoms with van der Waals surface area (Å²) in [5.74, 6) is 0.564. The number of amides is 2. The average molecular weight is 333 g/mol. The van der Waals surface area contributed by atoms with Crippen LogP contribution in [0.25, 0.3) is 0 Å². The maximum absolute atomic E-state index is 11.8. The quantitative estimate of drug-likeness (QED) is 0.676. The Hall–Kier alpha value is -2.12. The number of hydrogen-bond donors (Lipinski definition) is 3. The van der Waals surface area contributed by atoms with E-state index >= 15 is 0 Å². The topological polar surface area (TPSA) is 90.9 Å². The Morgan fingerprint density at radius 3 is 2.75 bits per heavy atom. The maximum atomic E-state index is 11.8. The van der Waals surface area contributed by atoms with E-state index in [1.54, 1.807) is 17.0 Å². The number of ether oxygens (including phenoxy) is 1. The molecular formula is C17H23N3O4. The van der Waals surface area contributed by atoms with E-state index in [-0.39, 0.29) is 24.3 Å². The van der Waals surface area contributed by atoms with Gasteiger partial charge in [0.25, 0.3) is 5.91 Å². The summed E-state index contributed by atoms with van der Waals surface area (Å²) < 4.78 is 5.46. The maximum Gasteiger partial charge on any atom is 0.257 e. The lowest BCUT2D eigenvalue weighted by atomic mass is 10.1. The van der Waals surface area contributed by atoms with Crippen molar-refractivity contribution in [2.75, 3.05) is 37.7 Å². The second-order valence-electron chi connectivity index (χ2n) is 6.22. The number of β-amino-alcohol motifs (C(OH)–C–C–N with tert-alkyl or cyclic N) is 1. The molecule has 2 amide bonds. The smallest absolute Gasteiger partial charge is 0.257 e. The highest BCUT2D eigenvalue weighted by atomic mass is 16.5. The number of rotatable bonds is 6. The Morgan fingerprint density at radius 2 is 2.12 bits per heavy atom. The van der Waals surface area contributed by atoms with E-state index in [0.29, 0.717) is 31.8 Å². The van der Waals surface area contributed by atoms with Crippen molar-refractivity contribution >= 4 is 17.5 Å². The van der Waals surface area contributed by atoms with Gasteiger partial charge in [-0.3, -0.25) is 9.59 Å². The van der Waals surface area contributed by atoms with Crippen LogP contribution in [0, 0.1) is 5.92 Å². The van der Waals surface area contributed by atoms with Gasteiger partial charge in [-0.05, 0) is 30.7 Å². The molecule has 1 aromatic rings. The molecule has 0 aromatic heterocycles. The zero-order chi connectivity index (χ0) is 16.9. The largest absolute Gasteiger partial charge is 0.484 e. The van der Waals surface area contributed by atoms with Crippen LogP contribution < -0.4 is 20.3 Å². The standard InChI is InChI=1S/C17H23N3O4/c21-15-10-18-8-12(15)9-19-16(22)11-24-14-5-3-13(4-6-14)20-7-1-2-17(20)23/h3-6,12,15,18,21H,1-2,7-11H2,(H,19,22). The molecular weight excluding hydrogens is 310 g/mol. The highest BCUT2D eigenvalue weighted by Gasteiger charge is 2.25. The first-order chi connectivity index (χ1) is 11.6. The van der Waals surface area contributed by atoms with Crippen LogP contribution in [0.2, 0.25) is 0 Å². The number of carbonyl (C=O) groups excluding carboxylic acids is 2. The minimum absolute atomic E-state index is 0.0474. The van der Waals surface area contributed by atoms with E-state index in [1.165, 1.54) is 0 Å². The molecule has 2 aliphatic heterocycles. The first-order valence-electron chi connectivity index (χ1n) is 8.32. The molecule has 0 spiro atoms. The molecule has 0 bridgehead atoms. The van der Waals surface area contributed by atoms with Crippen LogP contribution in [0.3, 0.4) is 0 Å². The lowest BCUT2D eigenvalue weighted by molar-refractivity contribution is -0.123. The molecule has 3 rings (SSSR count). The molecule has 1 aromatic carbocycles. The lowest BCUT2D eigenvalue weighted by Crippen LogP contribution is -2.36. The summed E-state index contributed by atoms with van der Waals surface area (Å²) >= 11 is 0. The molecule has 2 aliphatic rings. The number of nitrogens with zero attached hydrogens (tertiary/aromatic N) is 1. The van der Waals surface area contributed by atoms with Gasteiger partial charge in [-0.15, -0.1) is 0 Å². The van der Waals surface area contributed by atoms with Crippen molar-refractivity contribution in [1.29, 1.82) is 0 Å². The number of anilines is 1. The first-order valence-corrected chi connectivity index (χ1v) is 8.32. The van der Waals surface area contributed by atoms with Gasteiger partial charge in [0.15, 0.2) is 6.61 Å². The van der Waals surface area contributed by atoms with Crippen LogP contribution in [-0.2, 0) is 9.59 Å². The molecule has 130 valence electrons. The summed E-state index contributed by atoms with van der Waals surface area (Å²) in [6, 6.07) is 7.19. The number of hydrogen-bond acceptors (Lipinski definition) is 5. The predicted octanol–water partition coefficient (Wildman–Crippen LogP) is -0.111. The lowest BCUT2D eigenvalue weighted by Gasteiger charge is -2.16. The molecule has 2 unspecified atom stereocenters. The molecule has 2 heterocycles. The fourth-order valence-electron chi connectivity index (χ4n) is 3.02. The molecule has 2 fully saturated rings. The minimum Gasteiger partial charge on any atom is -0.484 e. The monoisotopic (exact) mass is 333 g/mol. The highest BCUT2D eigenvalue weighted by Crippen LogP contribution is 2.23. The van der Waals surface area contributed by atoms with E-state index in [1.807, 2.05) is 12.1 Å². The molecule has 0 saturated carbocycles. The summed E-state index contributed by atoms with van der Waals surface area (Å²) in [5, 5.41) is 15.5. The van der Waals surface area contributed by atoms with Crippen molar-refractivity contribution < 1.29 is 19.4 Å². The van der Waals surface area contributed by atoms with Crippen molar-refractivity contribution in [2.45, 2.75) is 18.9 Å². The SMILES string of the molecule is O=C(COc1ccc(N2CCCC2=O)cc1)NCC1CNCC1O. The van der Waals surface area contributed by atoms with Crippen LogP contribution in [0.15, 0.2) is 24.3 Å². The van der Waals surface area contributed by atoms with Gasteiger partial charge in [-0.25, -0.2) is 0 Å². The molecule has 2 atom stereocenters. The van der Waals surface area contributed by atoms with E-state index in [9.17, 15) is 14.7 Å². The number of benzene rings is 1. The normalized spacial score (nSPS) is 23.5. The number of nitrogens with one attached hydrogen (secondary N) is 2. The average Bonchev–Trinajstić information content (AvgIpc) is 3.20. The zero-order valence-electron chi connectivity index (χ0n) is 13.5. The van der Waals surface area contributed by atoms with E-state index in [4.69, 9.17) is 4.74 Å². The highest BCUT2D eigenvalue weighted by molar-refractivity contribution is 5.95. The summed E-state index contributed by atoms with van der Waals surface area (Å²) in [4.78, 5) is 25.3. The van der Waals surface area contributed by atoms with Crippen LogP contribution in [0.5, 0.6) is 5.75 Å². The third-order valence-corrected chi connectivity index (χ3v) is 4.46. The first kappa shape index (κ1) is 16.7. The summed E-state index contributed by atoms with van der Waals surface area (Å²) in [7, 11) is 0. The Labute approximate surface area is 141 Å². The summed E-state index contributed by atoms with van der Waals surface area (Å²) in [5.41, 5.74) is 0.858. The Kier molecular flexibility index (Phi) is 5.32. The molecule has 2 saturated heterocycles. The van der Waals surface area contributed by atoms with Gasteiger partial charge in [0.05, 0.1) is 6.10 Å². The van der Waals surface area contributed by atoms with Crippen LogP contribution in [-0.4, -0.2) is 55.8 Å². The second kappa shape index (κ2) is 7.63. The third-order valence-electron chi connectivity index (χ3n) is 4.46. The predicted molar refractivity (Wildman–Crippen MR) is 88.9 cm³/mol. The summed E-state index contributed by atoms with van der Waals surface area (Å²) in [6.07, 6.45) is 1.08. The van der Waals surface area contributed by atoms with Crippen molar-refractivity contribution in [3.05, 3.63) is 24.3 Å². The Morgan fingerprint density at radius 1 is 1.33 bits per heavy atom. The van der Waals surface area contributed by atoms with Crippen LogP contribution in [0.4, 0.5) is 5.69 Å². The number of aliphatic hydroxyl groups excluding tert-OH is 1. The molecule has 24 heavy (non-hydrogen) atoms. The number of aliphatic hydroxyl groups is 1. The van der Waals surface area contributed by atoms with Gasteiger partial charge in [0, 0.05) is 44.2 Å². The molecule has 7 nitrogen and oxygen atoms in total. The Bertz CT molecular complexity index is 590. The second-order valence-corrected chi connectivity index (χ2v) is 6.22. The fraction of sp³-hybridized carbons (Fsp3) is 0.529. The Balaban J connectivity index is 1.42. The van der Waals surface area contributed by atoms with Crippen molar-refractivity contribution in [2.24, 2.45) is 5.92 Å². The van der Waals surface area contributed by atoms with Gasteiger partial charge in [0.1, 0.15) is 5.75 Å². The van der Waals surface area contributed by atoms with Gasteiger partial charge in [-0.2, -0.15) is 0 Å². The van der Waals surface area contributed by atoms with Crippen molar-refractivity contribution in [1.82, 2.24) is 10.6 Å².